The van der Waals surface area contributed by atoms with Gasteiger partial charge in [-0.2, -0.15) is 0 Å². The lowest BCUT2D eigenvalue weighted by molar-refractivity contribution is 0.199. The number of pyridine rings is 1. The molecule has 2 aromatic rings. The Morgan fingerprint density at radius 1 is 1.30 bits per heavy atom. The standard InChI is InChI=1S/C14H18N2O3S/c1-14(2,10-20(15,17)18)9-19-12-7-11-5-3-4-6-13(11)16-8-12/h3-8H,9-10H2,1-2H3,(H2,15,17,18). The molecule has 0 aliphatic heterocycles. The van der Waals surface area contributed by atoms with Crippen LogP contribution in [0.5, 0.6) is 5.75 Å². The van der Waals surface area contributed by atoms with Crippen molar-refractivity contribution in [3.63, 3.8) is 0 Å². The van der Waals surface area contributed by atoms with Gasteiger partial charge in [0.05, 0.1) is 24.1 Å². The summed E-state index contributed by atoms with van der Waals surface area (Å²) in [6.45, 7) is 3.85. The van der Waals surface area contributed by atoms with Gasteiger partial charge < -0.3 is 4.74 Å². The summed E-state index contributed by atoms with van der Waals surface area (Å²) in [5.41, 5.74) is 0.336. The number of ether oxygens (including phenoxy) is 1. The fourth-order valence-electron chi connectivity index (χ4n) is 1.99. The van der Waals surface area contributed by atoms with Crippen molar-refractivity contribution in [3.8, 4) is 5.75 Å². The maximum atomic E-state index is 11.1. The fraction of sp³-hybridized carbons (Fsp3) is 0.357. The average Bonchev–Trinajstić information content (AvgIpc) is 2.33. The number of rotatable bonds is 5. The molecule has 1 heterocycles. The quantitative estimate of drug-likeness (QED) is 0.913. The summed E-state index contributed by atoms with van der Waals surface area (Å²) in [5, 5.41) is 6.05. The van der Waals surface area contributed by atoms with Crippen LogP contribution in [0.2, 0.25) is 0 Å². The lowest BCUT2D eigenvalue weighted by Crippen LogP contribution is -2.33. The van der Waals surface area contributed by atoms with E-state index in [9.17, 15) is 8.42 Å². The second-order valence-corrected chi connectivity index (χ2v) is 7.24. The van der Waals surface area contributed by atoms with Gasteiger partial charge in [-0.3, -0.25) is 4.98 Å². The molecule has 0 unspecified atom stereocenters. The van der Waals surface area contributed by atoms with Crippen molar-refractivity contribution in [3.05, 3.63) is 36.5 Å². The Balaban J connectivity index is 2.09. The maximum absolute atomic E-state index is 11.1. The van der Waals surface area contributed by atoms with Gasteiger partial charge in [-0.1, -0.05) is 32.0 Å². The average molecular weight is 294 g/mol. The van der Waals surface area contributed by atoms with Crippen LogP contribution in [0.1, 0.15) is 13.8 Å². The summed E-state index contributed by atoms with van der Waals surface area (Å²) in [4.78, 5) is 4.29. The fourth-order valence-corrected chi connectivity index (χ4v) is 3.17. The first-order chi connectivity index (χ1) is 9.25. The summed E-state index contributed by atoms with van der Waals surface area (Å²) in [6.07, 6.45) is 1.63. The van der Waals surface area contributed by atoms with Gasteiger partial charge in [-0.25, -0.2) is 13.6 Å². The van der Waals surface area contributed by atoms with Crippen molar-refractivity contribution in [2.24, 2.45) is 10.6 Å². The van der Waals surface area contributed by atoms with Crippen molar-refractivity contribution < 1.29 is 13.2 Å². The van der Waals surface area contributed by atoms with E-state index in [2.05, 4.69) is 4.98 Å². The highest BCUT2D eigenvalue weighted by Gasteiger charge is 2.25. The van der Waals surface area contributed by atoms with Crippen LogP contribution in [-0.4, -0.2) is 25.8 Å². The van der Waals surface area contributed by atoms with Crippen molar-refractivity contribution in [2.45, 2.75) is 13.8 Å². The van der Waals surface area contributed by atoms with E-state index >= 15 is 0 Å². The molecule has 0 spiro atoms. The van der Waals surface area contributed by atoms with Gasteiger partial charge in [0.1, 0.15) is 5.75 Å². The number of sulfonamides is 1. The highest BCUT2D eigenvalue weighted by molar-refractivity contribution is 7.89. The zero-order valence-electron chi connectivity index (χ0n) is 11.5. The Hall–Kier alpha value is -1.66. The number of nitrogens with two attached hydrogens (primary N) is 1. The molecular formula is C14H18N2O3S. The van der Waals surface area contributed by atoms with Crippen molar-refractivity contribution in [1.82, 2.24) is 4.98 Å². The molecule has 0 saturated carbocycles. The number of nitrogens with zero attached hydrogens (tertiary/aromatic N) is 1. The minimum absolute atomic E-state index is 0.124. The molecular weight excluding hydrogens is 276 g/mol. The maximum Gasteiger partial charge on any atom is 0.209 e. The minimum Gasteiger partial charge on any atom is -0.491 e. The Labute approximate surface area is 118 Å². The molecule has 0 atom stereocenters. The first-order valence-corrected chi connectivity index (χ1v) is 7.95. The van der Waals surface area contributed by atoms with Crippen LogP contribution in [0.25, 0.3) is 10.9 Å². The van der Waals surface area contributed by atoms with Crippen molar-refractivity contribution >= 4 is 20.9 Å². The molecule has 0 fully saturated rings. The number of hydrogen-bond acceptors (Lipinski definition) is 4. The van der Waals surface area contributed by atoms with Crippen LogP contribution < -0.4 is 9.88 Å². The summed E-state index contributed by atoms with van der Waals surface area (Å²) in [6, 6.07) is 9.61. The predicted octanol–water partition coefficient (Wildman–Crippen LogP) is 1.93. The van der Waals surface area contributed by atoms with Gasteiger partial charge in [0.15, 0.2) is 0 Å². The number of benzene rings is 1. The van der Waals surface area contributed by atoms with Gasteiger partial charge in [-0.15, -0.1) is 0 Å². The van der Waals surface area contributed by atoms with E-state index in [4.69, 9.17) is 9.88 Å². The third-order valence-corrected chi connectivity index (χ3v) is 3.97. The first-order valence-electron chi connectivity index (χ1n) is 6.23. The third-order valence-electron chi connectivity index (χ3n) is 2.79. The molecule has 0 aliphatic carbocycles. The summed E-state index contributed by atoms with van der Waals surface area (Å²) in [5.74, 6) is 0.493. The zero-order chi connectivity index (χ0) is 14.8. The Morgan fingerprint density at radius 3 is 2.70 bits per heavy atom. The smallest absolute Gasteiger partial charge is 0.209 e. The second-order valence-electron chi connectivity index (χ2n) is 5.62. The van der Waals surface area contributed by atoms with E-state index in [1.807, 2.05) is 30.3 Å². The van der Waals surface area contributed by atoms with E-state index < -0.39 is 15.4 Å². The monoisotopic (exact) mass is 294 g/mol. The van der Waals surface area contributed by atoms with Crippen molar-refractivity contribution in [2.75, 3.05) is 12.4 Å². The summed E-state index contributed by atoms with van der Waals surface area (Å²) < 4.78 is 27.9. The highest BCUT2D eigenvalue weighted by atomic mass is 32.2. The molecule has 0 bridgehead atoms. The molecule has 20 heavy (non-hydrogen) atoms. The lowest BCUT2D eigenvalue weighted by atomic mass is 9.98. The SMILES string of the molecule is CC(C)(COc1cnc2ccccc2c1)CS(N)(=O)=O. The van der Waals surface area contributed by atoms with E-state index in [0.29, 0.717) is 5.75 Å². The number of fused-ring (bicyclic) bond motifs is 1. The molecule has 2 N–H and O–H groups in total. The van der Waals surface area contributed by atoms with Crippen LogP contribution in [0.4, 0.5) is 0 Å². The Morgan fingerprint density at radius 2 is 2.00 bits per heavy atom. The molecule has 2 rings (SSSR count). The first kappa shape index (κ1) is 14.7. The lowest BCUT2D eigenvalue weighted by Gasteiger charge is -2.23. The predicted molar refractivity (Wildman–Crippen MR) is 79.0 cm³/mol. The normalized spacial score (nSPS) is 12.6. The molecule has 6 heteroatoms. The van der Waals surface area contributed by atoms with Gasteiger partial charge >= 0.3 is 0 Å². The Kier molecular flexibility index (Phi) is 3.96. The van der Waals surface area contributed by atoms with E-state index in [-0.39, 0.29) is 12.4 Å². The van der Waals surface area contributed by atoms with E-state index in [1.54, 1.807) is 20.0 Å². The van der Waals surface area contributed by atoms with Gasteiger partial charge in [0, 0.05) is 10.8 Å². The molecule has 0 aliphatic rings. The second kappa shape index (κ2) is 5.38. The number of primary sulfonamides is 1. The molecule has 0 saturated heterocycles. The molecule has 0 radical (unpaired) electrons. The highest BCUT2D eigenvalue weighted by Crippen LogP contribution is 2.22. The summed E-state index contributed by atoms with van der Waals surface area (Å²) in [7, 11) is -3.52. The number of para-hydroxylation sites is 1. The van der Waals surface area contributed by atoms with Crippen LogP contribution in [0.3, 0.4) is 0 Å². The topological polar surface area (TPSA) is 82.3 Å². The van der Waals surface area contributed by atoms with Gasteiger partial charge in [0.2, 0.25) is 10.0 Å². The Bertz CT molecular complexity index is 711. The van der Waals surface area contributed by atoms with E-state index in [0.717, 1.165) is 10.9 Å². The number of hydrogen-bond donors (Lipinski definition) is 1. The van der Waals surface area contributed by atoms with Gasteiger partial charge in [-0.05, 0) is 12.1 Å². The minimum atomic E-state index is -3.52. The van der Waals surface area contributed by atoms with Crippen LogP contribution in [-0.2, 0) is 10.0 Å². The zero-order valence-corrected chi connectivity index (χ0v) is 12.4. The van der Waals surface area contributed by atoms with Gasteiger partial charge in [0.25, 0.3) is 0 Å². The molecule has 1 aromatic carbocycles. The third kappa shape index (κ3) is 4.18. The molecule has 108 valence electrons. The molecule has 1 aromatic heterocycles. The van der Waals surface area contributed by atoms with E-state index in [1.165, 1.54) is 0 Å². The van der Waals surface area contributed by atoms with Crippen LogP contribution in [0, 0.1) is 5.41 Å². The van der Waals surface area contributed by atoms with Crippen LogP contribution >= 0.6 is 0 Å². The van der Waals surface area contributed by atoms with Crippen LogP contribution in [0.15, 0.2) is 36.5 Å². The van der Waals surface area contributed by atoms with Crippen molar-refractivity contribution in [1.29, 1.82) is 0 Å². The largest absolute Gasteiger partial charge is 0.491 e. The molecule has 0 amide bonds. The summed E-state index contributed by atoms with van der Waals surface area (Å²) >= 11 is 0. The molecule has 5 nitrogen and oxygen atoms in total. The number of aromatic nitrogens is 1.